The van der Waals surface area contributed by atoms with Crippen molar-refractivity contribution in [3.8, 4) is 11.3 Å². The maximum atomic E-state index is 13.6. The first kappa shape index (κ1) is 23.0. The number of aromatic amines is 1. The van der Waals surface area contributed by atoms with E-state index in [0.29, 0.717) is 28.1 Å². The molecule has 11 heteroatoms. The Morgan fingerprint density at radius 1 is 1.29 bits per heavy atom. The molecule has 3 aromatic heterocycles. The van der Waals surface area contributed by atoms with Gasteiger partial charge < -0.3 is 9.88 Å². The number of aromatic nitrogens is 6. The number of alkyl halides is 3. The Labute approximate surface area is 199 Å². The molecule has 3 heterocycles. The van der Waals surface area contributed by atoms with E-state index >= 15 is 0 Å². The number of aryl methyl sites for hydroxylation is 1. The molecule has 0 radical (unpaired) electrons. The summed E-state index contributed by atoms with van der Waals surface area (Å²) in [4.78, 5) is 15.1. The molecule has 1 saturated carbocycles. The van der Waals surface area contributed by atoms with Crippen molar-refractivity contribution in [1.29, 1.82) is 0 Å². The topological polar surface area (TPSA) is 101 Å². The predicted octanol–water partition coefficient (Wildman–Crippen LogP) is 4.34. The standard InChI is InChI=1S/C24H24F3N7O/c1-13(35)28-11-18-22-17(10-19(30-18)24(25,26)27)21(31-32-22)16-8-4-7-15(9-16)20(14-5-3-6-14)23-33-29-12-34(23)2/h4,7-10,12,14,20H,3,5-6,11H2,1-2H3,(H,28,35)(H,31,32)/t20-/m1/s1. The third-order valence-electron chi connectivity index (χ3n) is 6.59. The van der Waals surface area contributed by atoms with Crippen LogP contribution in [0, 0.1) is 5.92 Å². The number of benzene rings is 1. The van der Waals surface area contributed by atoms with Crippen LogP contribution in [0.15, 0.2) is 36.7 Å². The maximum absolute atomic E-state index is 13.6. The van der Waals surface area contributed by atoms with Crippen molar-refractivity contribution < 1.29 is 18.0 Å². The second-order valence-corrected chi connectivity index (χ2v) is 8.95. The minimum atomic E-state index is -4.64. The molecule has 1 aromatic carbocycles. The van der Waals surface area contributed by atoms with Crippen LogP contribution in [-0.4, -0.2) is 35.9 Å². The van der Waals surface area contributed by atoms with Gasteiger partial charge in [-0.1, -0.05) is 24.6 Å². The molecule has 0 aliphatic heterocycles. The van der Waals surface area contributed by atoms with E-state index < -0.39 is 11.9 Å². The molecule has 182 valence electrons. The van der Waals surface area contributed by atoms with E-state index in [1.807, 2.05) is 35.9 Å². The Morgan fingerprint density at radius 2 is 2.09 bits per heavy atom. The number of hydrogen-bond donors (Lipinski definition) is 2. The highest BCUT2D eigenvalue weighted by Crippen LogP contribution is 2.43. The number of carbonyl (C=O) groups excluding carboxylic acids is 1. The number of halogens is 3. The van der Waals surface area contributed by atoms with Gasteiger partial charge in [-0.2, -0.15) is 18.3 Å². The zero-order chi connectivity index (χ0) is 24.7. The third kappa shape index (κ3) is 4.38. The number of hydrogen-bond acceptors (Lipinski definition) is 5. The molecule has 1 fully saturated rings. The fourth-order valence-corrected chi connectivity index (χ4v) is 4.64. The number of H-pyrrole nitrogens is 1. The van der Waals surface area contributed by atoms with Gasteiger partial charge in [0.25, 0.3) is 0 Å². The Hall–Kier alpha value is -3.76. The van der Waals surface area contributed by atoms with Crippen LogP contribution in [0.25, 0.3) is 22.2 Å². The van der Waals surface area contributed by atoms with E-state index in [-0.39, 0.29) is 24.1 Å². The number of rotatable bonds is 6. The number of carbonyl (C=O) groups is 1. The van der Waals surface area contributed by atoms with Crippen molar-refractivity contribution in [3.63, 3.8) is 0 Å². The number of amides is 1. The molecule has 5 rings (SSSR count). The summed E-state index contributed by atoms with van der Waals surface area (Å²) in [7, 11) is 1.91. The lowest BCUT2D eigenvalue weighted by atomic mass is 9.72. The Bertz CT molecular complexity index is 1390. The van der Waals surface area contributed by atoms with Crippen molar-refractivity contribution in [2.45, 2.75) is 44.8 Å². The highest BCUT2D eigenvalue weighted by molar-refractivity contribution is 5.94. The van der Waals surface area contributed by atoms with Gasteiger partial charge in [-0.3, -0.25) is 9.89 Å². The fourth-order valence-electron chi connectivity index (χ4n) is 4.64. The van der Waals surface area contributed by atoms with E-state index in [4.69, 9.17) is 0 Å². The molecule has 1 aliphatic rings. The van der Waals surface area contributed by atoms with E-state index in [1.54, 1.807) is 6.33 Å². The summed E-state index contributed by atoms with van der Waals surface area (Å²) in [6.07, 6.45) is 0.359. The van der Waals surface area contributed by atoms with Crippen molar-refractivity contribution in [2.75, 3.05) is 0 Å². The lowest BCUT2D eigenvalue weighted by Gasteiger charge is -2.33. The van der Waals surface area contributed by atoms with Gasteiger partial charge >= 0.3 is 6.18 Å². The van der Waals surface area contributed by atoms with Crippen LogP contribution >= 0.6 is 0 Å². The normalized spacial score (nSPS) is 15.2. The highest BCUT2D eigenvalue weighted by Gasteiger charge is 2.35. The number of nitrogens with zero attached hydrogens (tertiary/aromatic N) is 5. The molecule has 4 aromatic rings. The van der Waals surface area contributed by atoms with E-state index in [2.05, 4.69) is 30.7 Å². The quantitative estimate of drug-likeness (QED) is 0.425. The van der Waals surface area contributed by atoms with E-state index in [1.165, 1.54) is 6.92 Å². The van der Waals surface area contributed by atoms with Crippen molar-refractivity contribution in [3.05, 3.63) is 59.4 Å². The van der Waals surface area contributed by atoms with Gasteiger partial charge in [-0.05, 0) is 36.5 Å². The Kier molecular flexibility index (Phi) is 5.78. The molecular weight excluding hydrogens is 459 g/mol. The zero-order valence-electron chi connectivity index (χ0n) is 19.2. The summed E-state index contributed by atoms with van der Waals surface area (Å²) >= 11 is 0. The van der Waals surface area contributed by atoms with Gasteiger partial charge in [0.15, 0.2) is 0 Å². The highest BCUT2D eigenvalue weighted by atomic mass is 19.4. The Morgan fingerprint density at radius 3 is 2.71 bits per heavy atom. The number of pyridine rings is 1. The summed E-state index contributed by atoms with van der Waals surface area (Å²) < 4.78 is 42.8. The summed E-state index contributed by atoms with van der Waals surface area (Å²) in [5.41, 5.74) is 1.50. The molecule has 1 amide bonds. The molecule has 0 spiro atoms. The summed E-state index contributed by atoms with van der Waals surface area (Å²) in [6.45, 7) is 1.15. The fraction of sp³-hybridized carbons (Fsp3) is 0.375. The van der Waals surface area contributed by atoms with Gasteiger partial charge in [0.2, 0.25) is 5.91 Å². The second-order valence-electron chi connectivity index (χ2n) is 8.95. The lowest BCUT2D eigenvalue weighted by molar-refractivity contribution is -0.141. The van der Waals surface area contributed by atoms with Gasteiger partial charge in [0, 0.05) is 30.8 Å². The number of fused-ring (bicyclic) bond motifs is 1. The minimum absolute atomic E-state index is 0.0316. The van der Waals surface area contributed by atoms with Crippen LogP contribution in [0.1, 0.15) is 54.9 Å². The van der Waals surface area contributed by atoms with Crippen LogP contribution in [0.4, 0.5) is 13.2 Å². The predicted molar refractivity (Wildman–Crippen MR) is 122 cm³/mol. The average Bonchev–Trinajstić information content (AvgIpc) is 3.40. The monoisotopic (exact) mass is 483 g/mol. The van der Waals surface area contributed by atoms with Gasteiger partial charge in [-0.15, -0.1) is 10.2 Å². The molecule has 35 heavy (non-hydrogen) atoms. The first-order valence-electron chi connectivity index (χ1n) is 11.4. The summed E-state index contributed by atoms with van der Waals surface area (Å²) in [5.74, 6) is 0.953. The van der Waals surface area contributed by atoms with E-state index in [9.17, 15) is 18.0 Å². The van der Waals surface area contributed by atoms with Crippen molar-refractivity contribution in [1.82, 2.24) is 35.3 Å². The molecular formula is C24H24F3N7O. The minimum Gasteiger partial charge on any atom is -0.351 e. The zero-order valence-corrected chi connectivity index (χ0v) is 19.2. The molecule has 2 N–H and O–H groups in total. The summed E-state index contributed by atoms with van der Waals surface area (Å²) in [6, 6.07) is 8.70. The van der Waals surface area contributed by atoms with Crippen molar-refractivity contribution in [2.24, 2.45) is 13.0 Å². The Balaban J connectivity index is 1.62. The van der Waals surface area contributed by atoms with Gasteiger partial charge in [-0.25, -0.2) is 4.98 Å². The molecule has 1 atom stereocenters. The first-order valence-corrected chi connectivity index (χ1v) is 11.4. The molecule has 0 bridgehead atoms. The SMILES string of the molecule is CC(=O)NCc1nc(C(F)(F)F)cc2c(-c3cccc([C@H](c4nncn4C)C4CCC4)c3)n[nH]c12. The van der Waals surface area contributed by atoms with Crippen molar-refractivity contribution >= 4 is 16.8 Å². The first-order chi connectivity index (χ1) is 16.7. The van der Waals surface area contributed by atoms with Gasteiger partial charge in [0.05, 0.1) is 17.8 Å². The molecule has 0 saturated heterocycles. The average molecular weight is 483 g/mol. The van der Waals surface area contributed by atoms with E-state index in [0.717, 1.165) is 36.7 Å². The van der Waals surface area contributed by atoms with Crippen LogP contribution in [0.2, 0.25) is 0 Å². The van der Waals surface area contributed by atoms with Crippen LogP contribution < -0.4 is 5.32 Å². The summed E-state index contributed by atoms with van der Waals surface area (Å²) in [5, 5.41) is 18.4. The molecule has 8 nitrogen and oxygen atoms in total. The lowest BCUT2D eigenvalue weighted by Crippen LogP contribution is -2.24. The van der Waals surface area contributed by atoms with Crippen LogP contribution in [0.5, 0.6) is 0 Å². The third-order valence-corrected chi connectivity index (χ3v) is 6.59. The van der Waals surface area contributed by atoms with Crippen LogP contribution in [-0.2, 0) is 24.6 Å². The number of nitrogens with one attached hydrogen (secondary N) is 2. The smallest absolute Gasteiger partial charge is 0.351 e. The maximum Gasteiger partial charge on any atom is 0.433 e. The second kappa shape index (κ2) is 8.79. The largest absolute Gasteiger partial charge is 0.433 e. The van der Waals surface area contributed by atoms with Gasteiger partial charge in [0.1, 0.15) is 23.5 Å². The molecule has 1 aliphatic carbocycles. The van der Waals surface area contributed by atoms with Crippen LogP contribution in [0.3, 0.4) is 0 Å². The molecule has 0 unspecified atom stereocenters.